The smallest absolute Gasteiger partial charge is 0.109 e. The van der Waals surface area contributed by atoms with Gasteiger partial charge in [0.25, 0.3) is 0 Å². The molecule has 1 aliphatic heterocycles. The van der Waals surface area contributed by atoms with Gasteiger partial charge in [0.15, 0.2) is 0 Å². The molecule has 4 N–H and O–H groups in total. The zero-order valence-electron chi connectivity index (χ0n) is 3.57. The zero-order valence-corrected chi connectivity index (χ0v) is 3.57. The van der Waals surface area contributed by atoms with E-state index in [1.807, 2.05) is 0 Å². The Hall–Kier alpha value is -0.120. The van der Waals surface area contributed by atoms with Crippen LogP contribution in [0.5, 0.6) is 0 Å². The Morgan fingerprint density at radius 1 is 1.33 bits per heavy atom. The second-order valence-corrected chi connectivity index (χ2v) is 1.39. The van der Waals surface area contributed by atoms with Crippen molar-refractivity contribution in [3.8, 4) is 0 Å². The van der Waals surface area contributed by atoms with E-state index in [1.54, 1.807) is 0 Å². The number of hydrogen-bond donors (Lipinski definition) is 3. The molecule has 1 fully saturated rings. The molecular weight excluding hydrogens is 78.1 g/mol. The van der Waals surface area contributed by atoms with Crippen molar-refractivity contribution in [3.63, 3.8) is 0 Å². The van der Waals surface area contributed by atoms with Crippen LogP contribution in [0.25, 0.3) is 0 Å². The van der Waals surface area contributed by atoms with E-state index in [0.29, 0.717) is 0 Å². The first-order chi connectivity index (χ1) is 2.89. The molecule has 3 heteroatoms. The summed E-state index contributed by atoms with van der Waals surface area (Å²) in [6.45, 7) is 2.00. The lowest BCUT2D eigenvalue weighted by Crippen LogP contribution is -2.39. The van der Waals surface area contributed by atoms with E-state index in [-0.39, 0.29) is 6.29 Å². The molecule has 0 aromatic heterocycles. The Bertz CT molecular complexity index is 39.3. The summed E-state index contributed by atoms with van der Waals surface area (Å²) >= 11 is 0. The van der Waals surface area contributed by atoms with Gasteiger partial charge in [0.1, 0.15) is 6.29 Å². The van der Waals surface area contributed by atoms with Gasteiger partial charge in [-0.15, -0.1) is 0 Å². The van der Waals surface area contributed by atoms with Gasteiger partial charge in [-0.3, -0.25) is 10.6 Å². The molecule has 0 aromatic rings. The van der Waals surface area contributed by atoms with Gasteiger partial charge in [0.2, 0.25) is 0 Å². The fraction of sp³-hybridized carbons (Fsp3) is 1.00. The maximum atomic E-state index is 5.31. The summed E-state index contributed by atoms with van der Waals surface area (Å²) in [6, 6.07) is 0. The van der Waals surface area contributed by atoms with E-state index in [9.17, 15) is 0 Å². The Morgan fingerprint density at radius 3 is 2.00 bits per heavy atom. The summed E-state index contributed by atoms with van der Waals surface area (Å²) in [6.07, 6.45) is 0.0463. The van der Waals surface area contributed by atoms with Gasteiger partial charge in [0, 0.05) is 13.1 Å². The lowest BCUT2D eigenvalue weighted by atomic mass is 10.7. The Morgan fingerprint density at radius 2 is 1.83 bits per heavy atom. The number of nitrogens with one attached hydrogen (secondary N) is 2. The lowest BCUT2D eigenvalue weighted by Gasteiger charge is -1.97. The van der Waals surface area contributed by atoms with Crippen LogP contribution in [0.1, 0.15) is 0 Å². The predicted octanol–water partition coefficient (Wildman–Crippen LogP) is -1.58. The minimum Gasteiger partial charge on any atom is -0.304 e. The van der Waals surface area contributed by atoms with Crippen LogP contribution in [-0.2, 0) is 0 Å². The van der Waals surface area contributed by atoms with Crippen molar-refractivity contribution in [3.05, 3.63) is 0 Å². The molecule has 0 saturated carbocycles. The van der Waals surface area contributed by atoms with Gasteiger partial charge in [0.05, 0.1) is 0 Å². The zero-order chi connectivity index (χ0) is 4.41. The lowest BCUT2D eigenvalue weighted by molar-refractivity contribution is 0.578. The predicted molar refractivity (Wildman–Crippen MR) is 24.0 cm³/mol. The third-order valence-electron chi connectivity index (χ3n) is 0.854. The van der Waals surface area contributed by atoms with Gasteiger partial charge < -0.3 is 5.73 Å². The van der Waals surface area contributed by atoms with Crippen LogP contribution >= 0.6 is 0 Å². The minimum atomic E-state index is 0.0463. The molecule has 0 amide bonds. The average Bonchev–Trinajstić information content (AvgIpc) is 1.86. The van der Waals surface area contributed by atoms with Crippen molar-refractivity contribution in [2.45, 2.75) is 6.29 Å². The van der Waals surface area contributed by atoms with Crippen molar-refractivity contribution in [1.82, 2.24) is 10.6 Å². The van der Waals surface area contributed by atoms with Crippen molar-refractivity contribution in [1.29, 1.82) is 0 Å². The summed E-state index contributed by atoms with van der Waals surface area (Å²) < 4.78 is 0. The van der Waals surface area contributed by atoms with E-state index in [2.05, 4.69) is 10.6 Å². The molecule has 0 aromatic carbocycles. The summed E-state index contributed by atoms with van der Waals surface area (Å²) in [5, 5.41) is 5.97. The van der Waals surface area contributed by atoms with E-state index in [4.69, 9.17) is 5.73 Å². The van der Waals surface area contributed by atoms with Crippen LogP contribution in [-0.4, -0.2) is 19.4 Å². The Balaban J connectivity index is 2.18. The van der Waals surface area contributed by atoms with Gasteiger partial charge >= 0.3 is 0 Å². The molecule has 1 rings (SSSR count). The summed E-state index contributed by atoms with van der Waals surface area (Å²) in [4.78, 5) is 0. The van der Waals surface area contributed by atoms with Gasteiger partial charge in [-0.2, -0.15) is 0 Å². The van der Waals surface area contributed by atoms with Crippen LogP contribution in [0.2, 0.25) is 0 Å². The highest BCUT2D eigenvalue weighted by atomic mass is 15.3. The fourth-order valence-corrected chi connectivity index (χ4v) is 0.528. The monoisotopic (exact) mass is 87.1 g/mol. The molecule has 1 aliphatic rings. The van der Waals surface area contributed by atoms with Crippen LogP contribution in [0.15, 0.2) is 0 Å². The molecule has 1 heterocycles. The Labute approximate surface area is 36.9 Å². The number of nitrogens with two attached hydrogens (primary N) is 1. The number of hydrogen-bond acceptors (Lipinski definition) is 3. The minimum absolute atomic E-state index is 0.0463. The standard InChI is InChI=1S/C3H9N3/c4-3-5-1-2-6-3/h3,5-6H,1-2,4H2. The largest absolute Gasteiger partial charge is 0.304 e. The van der Waals surface area contributed by atoms with Gasteiger partial charge in [-0.25, -0.2) is 0 Å². The van der Waals surface area contributed by atoms with Crippen LogP contribution < -0.4 is 16.4 Å². The van der Waals surface area contributed by atoms with E-state index in [0.717, 1.165) is 13.1 Å². The molecule has 6 heavy (non-hydrogen) atoms. The highest BCUT2D eigenvalue weighted by molar-refractivity contribution is 4.64. The molecule has 0 atom stereocenters. The molecule has 1 saturated heterocycles. The third kappa shape index (κ3) is 0.680. The molecule has 3 nitrogen and oxygen atoms in total. The molecule has 36 valence electrons. The van der Waals surface area contributed by atoms with Gasteiger partial charge in [-0.05, 0) is 0 Å². The number of rotatable bonds is 0. The van der Waals surface area contributed by atoms with Crippen molar-refractivity contribution >= 4 is 0 Å². The first kappa shape index (κ1) is 4.05. The van der Waals surface area contributed by atoms with Crippen molar-refractivity contribution in [2.24, 2.45) is 5.73 Å². The average molecular weight is 87.1 g/mol. The first-order valence-electron chi connectivity index (χ1n) is 2.12. The maximum Gasteiger partial charge on any atom is 0.109 e. The SMILES string of the molecule is NC1NCCN1. The molecule has 0 radical (unpaired) electrons. The highest BCUT2D eigenvalue weighted by Gasteiger charge is 2.03. The molecule has 0 bridgehead atoms. The second kappa shape index (κ2) is 1.55. The quantitative estimate of drug-likeness (QED) is 0.334. The fourth-order valence-electron chi connectivity index (χ4n) is 0.528. The third-order valence-corrected chi connectivity index (χ3v) is 0.854. The molecule has 0 spiro atoms. The van der Waals surface area contributed by atoms with Crippen LogP contribution in [0.3, 0.4) is 0 Å². The topological polar surface area (TPSA) is 50.1 Å². The van der Waals surface area contributed by atoms with E-state index >= 15 is 0 Å². The highest BCUT2D eigenvalue weighted by Crippen LogP contribution is 1.70. The molecule has 0 unspecified atom stereocenters. The van der Waals surface area contributed by atoms with Gasteiger partial charge in [-0.1, -0.05) is 0 Å². The van der Waals surface area contributed by atoms with Crippen LogP contribution in [0.4, 0.5) is 0 Å². The van der Waals surface area contributed by atoms with E-state index < -0.39 is 0 Å². The maximum absolute atomic E-state index is 5.31. The van der Waals surface area contributed by atoms with Crippen LogP contribution in [0, 0.1) is 0 Å². The van der Waals surface area contributed by atoms with E-state index in [1.165, 1.54) is 0 Å². The summed E-state index contributed by atoms with van der Waals surface area (Å²) in [5.41, 5.74) is 5.31. The summed E-state index contributed by atoms with van der Waals surface area (Å²) in [5.74, 6) is 0. The normalized spacial score (nSPS) is 25.5. The molecular formula is C3H9N3. The molecule has 0 aliphatic carbocycles. The summed E-state index contributed by atoms with van der Waals surface area (Å²) in [7, 11) is 0. The van der Waals surface area contributed by atoms with Crippen molar-refractivity contribution < 1.29 is 0 Å². The Kier molecular flexibility index (Phi) is 1.05. The second-order valence-electron chi connectivity index (χ2n) is 1.39. The van der Waals surface area contributed by atoms with Crippen molar-refractivity contribution in [2.75, 3.05) is 13.1 Å². The first-order valence-corrected chi connectivity index (χ1v) is 2.12.